The van der Waals surface area contributed by atoms with E-state index in [-0.39, 0.29) is 41.8 Å². The molecule has 0 bridgehead atoms. The van der Waals surface area contributed by atoms with Gasteiger partial charge in [0.05, 0.1) is 12.0 Å². The maximum atomic E-state index is 13.9. The lowest BCUT2D eigenvalue weighted by atomic mass is 10.1. The normalized spacial score (nSPS) is 19.0. The summed E-state index contributed by atoms with van der Waals surface area (Å²) in [6.45, 7) is 13.1. The van der Waals surface area contributed by atoms with Crippen molar-refractivity contribution in [1.29, 1.82) is 0 Å². The van der Waals surface area contributed by atoms with Crippen molar-refractivity contribution < 1.29 is 27.1 Å². The van der Waals surface area contributed by atoms with E-state index in [2.05, 4.69) is 33.9 Å². The fourth-order valence-electron chi connectivity index (χ4n) is 4.45. The summed E-state index contributed by atoms with van der Waals surface area (Å²) in [5.41, 5.74) is 3.31. The highest BCUT2D eigenvalue weighted by atomic mass is 32.2. The van der Waals surface area contributed by atoms with Crippen LogP contribution in [0.1, 0.15) is 38.3 Å². The van der Waals surface area contributed by atoms with Crippen molar-refractivity contribution in [3.05, 3.63) is 82.6 Å². The number of aryl methyl sites for hydroxylation is 1. The molecule has 7 nitrogen and oxygen atoms in total. The van der Waals surface area contributed by atoms with Crippen LogP contribution >= 0.6 is 0 Å². The molecule has 2 aromatic carbocycles. The summed E-state index contributed by atoms with van der Waals surface area (Å²) < 4.78 is 47.8. The van der Waals surface area contributed by atoms with Gasteiger partial charge in [0.1, 0.15) is 24.2 Å². The highest BCUT2D eigenvalue weighted by Gasteiger charge is 2.44. The predicted octanol–water partition coefficient (Wildman–Crippen LogP) is 5.77. The van der Waals surface area contributed by atoms with Crippen molar-refractivity contribution in [3.63, 3.8) is 0 Å². The van der Waals surface area contributed by atoms with Gasteiger partial charge in [-0.05, 0) is 66.5 Å². The number of nitrogens with zero attached hydrogens (tertiary/aromatic N) is 1. The largest absolute Gasteiger partial charge is 0.497 e. The van der Waals surface area contributed by atoms with Crippen molar-refractivity contribution in [2.45, 2.75) is 69.9 Å². The van der Waals surface area contributed by atoms with Gasteiger partial charge in [0, 0.05) is 25.1 Å². The van der Waals surface area contributed by atoms with Crippen LogP contribution in [0.2, 0.25) is 18.1 Å². The van der Waals surface area contributed by atoms with Crippen LogP contribution in [-0.4, -0.2) is 53.1 Å². The number of methoxy groups -OCH3 is 1. The van der Waals surface area contributed by atoms with Crippen LogP contribution in [0.15, 0.2) is 76.4 Å². The van der Waals surface area contributed by atoms with Gasteiger partial charge < -0.3 is 13.9 Å². The van der Waals surface area contributed by atoms with Crippen LogP contribution in [-0.2, 0) is 30.6 Å². The Morgan fingerprint density at radius 2 is 1.67 bits per heavy atom. The molecule has 2 aromatic rings. The molecule has 1 atom stereocenters. The SMILES string of the molecule is COc1ccc(COC2=C3CC(=O)C=C3CN(S(=O)(=O)c3ccc(C)cc3)CC2O[Si](C)(C)C(C)(C)C)cc1. The van der Waals surface area contributed by atoms with Crippen LogP contribution in [0, 0.1) is 6.92 Å². The zero-order valence-corrected chi connectivity index (χ0v) is 25.7. The average molecular weight is 570 g/mol. The predicted molar refractivity (Wildman–Crippen MR) is 155 cm³/mol. The Morgan fingerprint density at radius 1 is 1.03 bits per heavy atom. The van der Waals surface area contributed by atoms with Crippen molar-refractivity contribution >= 4 is 24.1 Å². The van der Waals surface area contributed by atoms with Crippen LogP contribution in [0.4, 0.5) is 0 Å². The van der Waals surface area contributed by atoms with Gasteiger partial charge >= 0.3 is 0 Å². The molecule has 1 heterocycles. The summed E-state index contributed by atoms with van der Waals surface area (Å²) >= 11 is 0. The first-order valence-corrected chi connectivity index (χ1v) is 17.5. The third-order valence-electron chi connectivity index (χ3n) is 7.84. The highest BCUT2D eigenvalue weighted by Crippen LogP contribution is 2.41. The molecule has 210 valence electrons. The van der Waals surface area contributed by atoms with E-state index < -0.39 is 24.4 Å². The monoisotopic (exact) mass is 569 g/mol. The molecule has 1 aliphatic carbocycles. The topological polar surface area (TPSA) is 82.1 Å². The molecular formula is C30H39NO6SSi. The molecule has 0 spiro atoms. The van der Waals surface area contributed by atoms with Crippen molar-refractivity contribution in [1.82, 2.24) is 4.31 Å². The van der Waals surface area contributed by atoms with Gasteiger partial charge in [-0.25, -0.2) is 8.42 Å². The van der Waals surface area contributed by atoms with Crippen LogP contribution < -0.4 is 4.74 Å². The number of carbonyl (C=O) groups excluding carboxylic acids is 1. The molecule has 39 heavy (non-hydrogen) atoms. The molecular weight excluding hydrogens is 530 g/mol. The van der Waals surface area contributed by atoms with Gasteiger partial charge in [-0.2, -0.15) is 4.31 Å². The van der Waals surface area contributed by atoms with Gasteiger partial charge in [-0.15, -0.1) is 0 Å². The quantitative estimate of drug-likeness (QED) is 0.376. The zero-order chi connectivity index (χ0) is 28.6. The number of carbonyl (C=O) groups is 1. The summed E-state index contributed by atoms with van der Waals surface area (Å²) in [6, 6.07) is 14.4. The summed E-state index contributed by atoms with van der Waals surface area (Å²) in [5.74, 6) is 1.23. The Bertz CT molecular complexity index is 1390. The number of ketones is 1. The van der Waals surface area contributed by atoms with Gasteiger partial charge in [0.15, 0.2) is 14.1 Å². The lowest BCUT2D eigenvalue weighted by Gasteiger charge is -2.40. The minimum absolute atomic E-state index is 0.0637. The summed E-state index contributed by atoms with van der Waals surface area (Å²) in [4.78, 5) is 12.9. The molecule has 0 radical (unpaired) electrons. The van der Waals surface area contributed by atoms with Crippen molar-refractivity contribution in [3.8, 4) is 5.75 Å². The minimum atomic E-state index is -3.86. The van der Waals surface area contributed by atoms with Gasteiger partial charge in [-0.1, -0.05) is 50.6 Å². The van der Waals surface area contributed by atoms with Crippen molar-refractivity contribution in [2.75, 3.05) is 20.2 Å². The second kappa shape index (κ2) is 11.0. The molecule has 9 heteroatoms. The Balaban J connectivity index is 1.76. The van der Waals surface area contributed by atoms with E-state index in [1.807, 2.05) is 31.2 Å². The Labute approximate surface area is 233 Å². The number of sulfonamides is 1. The molecule has 1 aliphatic heterocycles. The van der Waals surface area contributed by atoms with E-state index >= 15 is 0 Å². The number of benzene rings is 2. The lowest BCUT2D eigenvalue weighted by molar-refractivity contribution is -0.113. The second-order valence-corrected chi connectivity index (χ2v) is 18.5. The zero-order valence-electron chi connectivity index (χ0n) is 23.9. The molecule has 0 saturated heterocycles. The van der Waals surface area contributed by atoms with Gasteiger partial charge in [0.2, 0.25) is 10.0 Å². The minimum Gasteiger partial charge on any atom is -0.497 e. The fraction of sp³-hybridized carbons (Fsp3) is 0.433. The summed E-state index contributed by atoms with van der Waals surface area (Å²) in [7, 11) is -4.61. The number of ether oxygens (including phenoxy) is 2. The molecule has 2 aliphatic rings. The first kappa shape index (κ1) is 29.3. The van der Waals surface area contributed by atoms with E-state index in [0.717, 1.165) is 22.4 Å². The molecule has 0 fully saturated rings. The van der Waals surface area contributed by atoms with Gasteiger partial charge in [-0.3, -0.25) is 4.79 Å². The smallest absolute Gasteiger partial charge is 0.243 e. The molecule has 0 amide bonds. The maximum Gasteiger partial charge on any atom is 0.243 e. The maximum absolute atomic E-state index is 13.9. The number of fused-ring (bicyclic) bond motifs is 1. The Morgan fingerprint density at radius 3 is 2.26 bits per heavy atom. The van der Waals surface area contributed by atoms with Crippen LogP contribution in [0.5, 0.6) is 5.75 Å². The molecule has 0 N–H and O–H groups in total. The van der Waals surface area contributed by atoms with E-state index in [1.165, 1.54) is 4.31 Å². The molecule has 1 unspecified atom stereocenters. The van der Waals surface area contributed by atoms with Gasteiger partial charge in [0.25, 0.3) is 0 Å². The fourth-order valence-corrected chi connectivity index (χ4v) is 7.12. The number of hydrogen-bond donors (Lipinski definition) is 0. The lowest BCUT2D eigenvalue weighted by Crippen LogP contribution is -2.48. The number of rotatable bonds is 8. The van der Waals surface area contributed by atoms with E-state index in [0.29, 0.717) is 11.3 Å². The first-order chi connectivity index (χ1) is 18.2. The standard InChI is InChI=1S/C30H39NO6SSi/c1-21-8-14-26(15-9-21)38(33,34)31-18-23-16-24(32)17-27(23)29(28(19-31)37-39(6,7)30(2,3)4)36-20-22-10-12-25(35-5)13-11-22/h8-16,28H,17-20H2,1-7H3. The van der Waals surface area contributed by atoms with E-state index in [9.17, 15) is 13.2 Å². The number of allylic oxidation sites excluding steroid dienone is 1. The second-order valence-electron chi connectivity index (χ2n) is 11.8. The Hall–Kier alpha value is -2.72. The highest BCUT2D eigenvalue weighted by molar-refractivity contribution is 7.89. The van der Waals surface area contributed by atoms with Crippen LogP contribution in [0.3, 0.4) is 0 Å². The molecule has 4 rings (SSSR count). The van der Waals surface area contributed by atoms with E-state index in [1.54, 1.807) is 37.5 Å². The molecule has 0 aromatic heterocycles. The Kier molecular flexibility index (Phi) is 8.28. The average Bonchev–Trinajstić information content (AvgIpc) is 3.16. The molecule has 0 saturated carbocycles. The summed E-state index contributed by atoms with van der Waals surface area (Å²) in [6.07, 6.45) is 1.07. The number of hydrogen-bond acceptors (Lipinski definition) is 6. The summed E-state index contributed by atoms with van der Waals surface area (Å²) in [5, 5.41) is -0.115. The first-order valence-electron chi connectivity index (χ1n) is 13.2. The third kappa shape index (κ3) is 6.38. The van der Waals surface area contributed by atoms with Crippen molar-refractivity contribution in [2.24, 2.45) is 0 Å². The van der Waals surface area contributed by atoms with Crippen LogP contribution in [0.25, 0.3) is 0 Å². The van der Waals surface area contributed by atoms with E-state index in [4.69, 9.17) is 13.9 Å². The third-order valence-corrected chi connectivity index (χ3v) is 14.1.